The van der Waals surface area contributed by atoms with Gasteiger partial charge in [-0.3, -0.25) is 0 Å². The lowest BCUT2D eigenvalue weighted by molar-refractivity contribution is -0.215. The molecule has 2 aliphatic rings. The van der Waals surface area contributed by atoms with Crippen LogP contribution < -0.4 is 10.4 Å². The van der Waals surface area contributed by atoms with E-state index in [0.29, 0.717) is 23.3 Å². The first-order valence-corrected chi connectivity index (χ1v) is 8.03. The molecule has 1 aliphatic carbocycles. The van der Waals surface area contributed by atoms with Gasteiger partial charge in [-0.15, -0.1) is 0 Å². The van der Waals surface area contributed by atoms with Crippen LogP contribution in [0, 0.1) is 11.8 Å². The summed E-state index contributed by atoms with van der Waals surface area (Å²) in [6.07, 6.45) is 1.30. The molecule has 1 saturated carbocycles. The van der Waals surface area contributed by atoms with Gasteiger partial charge in [0.05, 0.1) is 10.9 Å². The number of rotatable bonds is 1. The van der Waals surface area contributed by atoms with Gasteiger partial charge < -0.3 is 14.3 Å². The summed E-state index contributed by atoms with van der Waals surface area (Å²) in [6, 6.07) is 7.30. The molecule has 4 atom stereocenters. The third-order valence-corrected chi connectivity index (χ3v) is 5.54. The van der Waals surface area contributed by atoms with E-state index < -0.39 is 5.79 Å². The van der Waals surface area contributed by atoms with Gasteiger partial charge in [0.1, 0.15) is 11.3 Å². The van der Waals surface area contributed by atoms with Crippen LogP contribution in [0.2, 0.25) is 0 Å². The Labute approximate surface area is 134 Å². The Morgan fingerprint density at radius 2 is 2.13 bits per heavy atom. The fraction of sp³-hybridized carbons (Fsp3) is 0.421. The van der Waals surface area contributed by atoms with Crippen molar-refractivity contribution < 1.29 is 14.3 Å². The summed E-state index contributed by atoms with van der Waals surface area (Å²) in [5.74, 6) is -0.881. The molecular weight excluding hydrogens is 292 g/mol. The molecule has 2 heterocycles. The van der Waals surface area contributed by atoms with Crippen molar-refractivity contribution >= 4 is 11.0 Å². The zero-order chi connectivity index (χ0) is 16.4. The average molecular weight is 312 g/mol. The van der Waals surface area contributed by atoms with Gasteiger partial charge >= 0.3 is 5.63 Å². The van der Waals surface area contributed by atoms with E-state index in [2.05, 4.69) is 6.58 Å². The number of fused-ring (bicyclic) bond motifs is 6. The van der Waals surface area contributed by atoms with Crippen LogP contribution in [-0.4, -0.2) is 10.9 Å². The standard InChI is InChI=1S/C19H20O4/c1-10(2)12-8-14-11(3)19(21,9-12)23-17-13-6-4-5-7-15(13)22-18(20)16(14)17/h4-7,11-12,14,21H,1,8-9H2,2-3H3/t11-,12?,14+,19-/m1/s1. The minimum absolute atomic E-state index is 0.0833. The monoisotopic (exact) mass is 312 g/mol. The number of aliphatic hydroxyl groups is 1. The molecule has 1 unspecified atom stereocenters. The molecule has 0 amide bonds. The molecule has 4 heteroatoms. The molecule has 2 aromatic rings. The van der Waals surface area contributed by atoms with Crippen LogP contribution in [0.3, 0.4) is 0 Å². The summed E-state index contributed by atoms with van der Waals surface area (Å²) in [4.78, 5) is 12.6. The van der Waals surface area contributed by atoms with Gasteiger partial charge in [0, 0.05) is 18.3 Å². The molecule has 1 fully saturated rings. The van der Waals surface area contributed by atoms with Crippen molar-refractivity contribution in [1.82, 2.24) is 0 Å². The number of ether oxygens (including phenoxy) is 1. The van der Waals surface area contributed by atoms with Crippen molar-refractivity contribution in [1.29, 1.82) is 0 Å². The van der Waals surface area contributed by atoms with E-state index in [1.165, 1.54) is 0 Å². The number of para-hydroxylation sites is 1. The first kappa shape index (κ1) is 14.5. The third kappa shape index (κ3) is 1.98. The first-order chi connectivity index (χ1) is 10.9. The van der Waals surface area contributed by atoms with Crippen molar-refractivity contribution in [3.8, 4) is 5.75 Å². The lowest BCUT2D eigenvalue weighted by Crippen LogP contribution is -2.54. The minimum Gasteiger partial charge on any atom is -0.461 e. The van der Waals surface area contributed by atoms with Crippen molar-refractivity contribution in [3.63, 3.8) is 0 Å². The summed E-state index contributed by atoms with van der Waals surface area (Å²) in [5.41, 5.74) is 1.70. The number of allylic oxidation sites excluding steroid dienone is 1. The topological polar surface area (TPSA) is 59.7 Å². The quantitative estimate of drug-likeness (QED) is 0.646. The van der Waals surface area contributed by atoms with Crippen LogP contribution in [0.4, 0.5) is 0 Å². The highest BCUT2D eigenvalue weighted by atomic mass is 16.6. The Kier molecular flexibility index (Phi) is 2.97. The Morgan fingerprint density at radius 1 is 1.39 bits per heavy atom. The van der Waals surface area contributed by atoms with Gasteiger partial charge in [0.25, 0.3) is 0 Å². The Balaban J connectivity index is 1.98. The van der Waals surface area contributed by atoms with E-state index in [1.54, 1.807) is 6.07 Å². The zero-order valence-electron chi connectivity index (χ0n) is 13.3. The summed E-state index contributed by atoms with van der Waals surface area (Å²) in [6.45, 7) is 7.93. The molecule has 0 radical (unpaired) electrons. The van der Waals surface area contributed by atoms with Crippen LogP contribution in [0.5, 0.6) is 5.75 Å². The Hall–Kier alpha value is -2.07. The molecule has 1 N–H and O–H groups in total. The molecule has 1 aromatic heterocycles. The van der Waals surface area contributed by atoms with E-state index in [4.69, 9.17) is 9.15 Å². The van der Waals surface area contributed by atoms with Gasteiger partial charge in [-0.05, 0) is 31.4 Å². The minimum atomic E-state index is -1.27. The molecule has 1 aromatic carbocycles. The smallest absolute Gasteiger partial charge is 0.343 e. The predicted octanol–water partition coefficient (Wildman–Crippen LogP) is 3.58. The van der Waals surface area contributed by atoms with Crippen molar-refractivity contribution in [2.24, 2.45) is 11.8 Å². The molecule has 120 valence electrons. The number of benzene rings is 1. The second-order valence-corrected chi connectivity index (χ2v) is 6.95. The summed E-state index contributed by atoms with van der Waals surface area (Å²) >= 11 is 0. The maximum atomic E-state index is 12.6. The SMILES string of the molecule is C=C(C)C1C[C@@H]2c3c(c4ccccc4oc3=O)O[C@](O)(C1)[C@@H]2C. The Morgan fingerprint density at radius 3 is 2.87 bits per heavy atom. The lowest BCUT2D eigenvalue weighted by atomic mass is 9.65. The van der Waals surface area contributed by atoms with Crippen LogP contribution in [0.15, 0.2) is 45.6 Å². The summed E-state index contributed by atoms with van der Waals surface area (Å²) in [7, 11) is 0. The first-order valence-electron chi connectivity index (χ1n) is 8.03. The fourth-order valence-corrected chi connectivity index (χ4v) is 4.07. The molecule has 4 nitrogen and oxygen atoms in total. The van der Waals surface area contributed by atoms with E-state index in [9.17, 15) is 9.90 Å². The molecule has 0 spiro atoms. The van der Waals surface area contributed by atoms with Crippen molar-refractivity contribution in [3.05, 3.63) is 52.4 Å². The normalized spacial score (nSPS) is 32.2. The maximum Gasteiger partial charge on any atom is 0.343 e. The second-order valence-electron chi connectivity index (χ2n) is 6.95. The van der Waals surface area contributed by atoms with E-state index in [1.807, 2.05) is 32.0 Å². The molecule has 23 heavy (non-hydrogen) atoms. The molecule has 0 saturated heterocycles. The van der Waals surface area contributed by atoms with Crippen molar-refractivity contribution in [2.45, 2.75) is 38.4 Å². The molecule has 4 rings (SSSR count). The fourth-order valence-electron chi connectivity index (χ4n) is 4.07. The van der Waals surface area contributed by atoms with E-state index >= 15 is 0 Å². The second kappa shape index (κ2) is 4.71. The molecule has 1 aliphatic heterocycles. The van der Waals surface area contributed by atoms with Crippen LogP contribution in [-0.2, 0) is 0 Å². The maximum absolute atomic E-state index is 12.6. The zero-order valence-corrected chi connectivity index (χ0v) is 13.3. The van der Waals surface area contributed by atoms with Gasteiger partial charge in [-0.1, -0.05) is 31.2 Å². The molecule has 2 bridgehead atoms. The van der Waals surface area contributed by atoms with Gasteiger partial charge in [0.2, 0.25) is 5.79 Å². The van der Waals surface area contributed by atoms with Gasteiger partial charge in [-0.2, -0.15) is 0 Å². The highest BCUT2D eigenvalue weighted by Gasteiger charge is 2.53. The van der Waals surface area contributed by atoms with E-state index in [0.717, 1.165) is 17.4 Å². The van der Waals surface area contributed by atoms with Crippen LogP contribution in [0.25, 0.3) is 11.0 Å². The number of hydrogen-bond acceptors (Lipinski definition) is 4. The highest BCUT2D eigenvalue weighted by Crippen LogP contribution is 2.54. The highest BCUT2D eigenvalue weighted by molar-refractivity contribution is 5.85. The van der Waals surface area contributed by atoms with Gasteiger partial charge in [-0.25, -0.2) is 4.79 Å². The summed E-state index contributed by atoms with van der Waals surface area (Å²) < 4.78 is 11.5. The average Bonchev–Trinajstić information content (AvgIpc) is 2.48. The van der Waals surface area contributed by atoms with Crippen molar-refractivity contribution in [2.75, 3.05) is 0 Å². The van der Waals surface area contributed by atoms with E-state index in [-0.39, 0.29) is 23.4 Å². The number of hydrogen-bond donors (Lipinski definition) is 1. The third-order valence-electron chi connectivity index (χ3n) is 5.54. The molecular formula is C19H20O4. The predicted molar refractivity (Wildman–Crippen MR) is 87.5 cm³/mol. The van der Waals surface area contributed by atoms with Crippen LogP contribution >= 0.6 is 0 Å². The lowest BCUT2D eigenvalue weighted by Gasteiger charge is -2.49. The summed E-state index contributed by atoms with van der Waals surface area (Å²) in [5, 5.41) is 11.8. The van der Waals surface area contributed by atoms with Gasteiger partial charge in [0.15, 0.2) is 0 Å². The Bertz CT molecular complexity index is 865. The largest absolute Gasteiger partial charge is 0.461 e. The van der Waals surface area contributed by atoms with Crippen LogP contribution in [0.1, 0.15) is 38.2 Å².